The minimum Gasteiger partial charge on any atom is -0.496 e. The number of primary amides is 1. The molecule has 7 nitrogen and oxygen atoms in total. The molecule has 2 amide bonds. The molecule has 190 valence electrons. The fourth-order valence-corrected chi connectivity index (χ4v) is 4.17. The molecular formula is C22H21F6N3O4. The minimum atomic E-state index is -4.95. The summed E-state index contributed by atoms with van der Waals surface area (Å²) in [6.07, 6.45) is -9.00. The van der Waals surface area contributed by atoms with Crippen molar-refractivity contribution in [2.45, 2.75) is 44.1 Å². The number of ether oxygens (including phenoxy) is 2. The first kappa shape index (κ1) is 26.3. The Balaban J connectivity index is 2.12. The number of anilines is 1. The number of benzene rings is 1. The van der Waals surface area contributed by atoms with Crippen molar-refractivity contribution in [2.75, 3.05) is 12.4 Å². The lowest BCUT2D eigenvalue weighted by Gasteiger charge is -2.32. The van der Waals surface area contributed by atoms with E-state index in [-0.39, 0.29) is 16.9 Å². The number of pyridine rings is 1. The van der Waals surface area contributed by atoms with Gasteiger partial charge in [-0.05, 0) is 25.1 Å². The Hall–Kier alpha value is -3.35. The number of hydrogen-bond donors (Lipinski definition) is 2. The topological polar surface area (TPSA) is 104 Å². The van der Waals surface area contributed by atoms with Crippen molar-refractivity contribution in [2.24, 2.45) is 11.7 Å². The third kappa shape index (κ3) is 4.64. The lowest BCUT2D eigenvalue weighted by Crippen LogP contribution is -2.47. The molecule has 35 heavy (non-hydrogen) atoms. The van der Waals surface area contributed by atoms with Crippen LogP contribution in [0.4, 0.5) is 32.0 Å². The molecule has 0 radical (unpaired) electrons. The van der Waals surface area contributed by atoms with Gasteiger partial charge in [0, 0.05) is 29.3 Å². The molecule has 1 fully saturated rings. The number of rotatable bonds is 6. The molecule has 2 heterocycles. The summed E-state index contributed by atoms with van der Waals surface area (Å²) in [6.45, 7) is 1.88. The van der Waals surface area contributed by atoms with Gasteiger partial charge >= 0.3 is 6.18 Å². The molecule has 3 N–H and O–H groups in total. The van der Waals surface area contributed by atoms with Gasteiger partial charge in [-0.15, -0.1) is 0 Å². The van der Waals surface area contributed by atoms with E-state index in [2.05, 4.69) is 10.3 Å². The van der Waals surface area contributed by atoms with Crippen molar-refractivity contribution in [3.05, 3.63) is 53.1 Å². The highest BCUT2D eigenvalue weighted by Crippen LogP contribution is 2.55. The molecule has 1 aliphatic heterocycles. The fourth-order valence-electron chi connectivity index (χ4n) is 4.17. The van der Waals surface area contributed by atoms with E-state index in [0.717, 1.165) is 39.3 Å². The number of nitrogens with two attached hydrogens (primary N) is 1. The van der Waals surface area contributed by atoms with Gasteiger partial charge in [0.25, 0.3) is 18.2 Å². The molecule has 0 aliphatic carbocycles. The predicted molar refractivity (Wildman–Crippen MR) is 111 cm³/mol. The van der Waals surface area contributed by atoms with E-state index in [1.165, 1.54) is 6.07 Å². The van der Waals surface area contributed by atoms with E-state index in [9.17, 15) is 35.9 Å². The summed E-state index contributed by atoms with van der Waals surface area (Å²) in [4.78, 5) is 28.2. The number of aromatic nitrogens is 1. The average molecular weight is 505 g/mol. The smallest absolute Gasteiger partial charge is 0.417 e. The molecule has 0 unspecified atom stereocenters. The van der Waals surface area contributed by atoms with Gasteiger partial charge < -0.3 is 20.5 Å². The first-order valence-electron chi connectivity index (χ1n) is 10.2. The second-order valence-electron chi connectivity index (χ2n) is 8.13. The fraction of sp³-hybridized carbons (Fsp3) is 0.409. The quantitative estimate of drug-likeness (QED) is 0.569. The standard InChI is InChI=1S/C22H21F6N3O4/c1-9-14(11-4-5-12(23)15(18(24)25)16(11)34-3)17(35-21(9,2)22(26,27)28)20(33)31-10-6-7-30-13(8-10)19(29)32/h4-9,14,17-18H,1-3H3,(H2,29,32)(H,30,31,33)/t9-,14+,17+,21-/m0/s1. The minimum absolute atomic E-state index is 0.0197. The number of carbonyl (C=O) groups excluding carboxylic acids is 2. The predicted octanol–water partition coefficient (Wildman–Crippen LogP) is 4.34. The first-order valence-corrected chi connectivity index (χ1v) is 10.2. The van der Waals surface area contributed by atoms with E-state index in [0.29, 0.717) is 6.07 Å². The lowest BCUT2D eigenvalue weighted by molar-refractivity contribution is -0.272. The number of halogens is 6. The Kier molecular flexibility index (Phi) is 7.02. The molecule has 1 aromatic carbocycles. The van der Waals surface area contributed by atoms with Crippen molar-refractivity contribution in [3.8, 4) is 5.75 Å². The van der Waals surface area contributed by atoms with Gasteiger partial charge in [-0.3, -0.25) is 14.6 Å². The maximum Gasteiger partial charge on any atom is 0.417 e. The lowest BCUT2D eigenvalue weighted by atomic mass is 9.76. The van der Waals surface area contributed by atoms with E-state index in [1.54, 1.807) is 0 Å². The number of carbonyl (C=O) groups is 2. The number of methoxy groups -OCH3 is 1. The average Bonchev–Trinajstić information content (AvgIpc) is 3.05. The number of nitrogens with zero attached hydrogens (tertiary/aromatic N) is 1. The van der Waals surface area contributed by atoms with E-state index >= 15 is 0 Å². The van der Waals surface area contributed by atoms with Crippen LogP contribution in [0.15, 0.2) is 30.5 Å². The largest absolute Gasteiger partial charge is 0.496 e. The number of nitrogens with one attached hydrogen (secondary N) is 1. The van der Waals surface area contributed by atoms with Crippen molar-refractivity contribution < 1.29 is 45.4 Å². The van der Waals surface area contributed by atoms with Crippen molar-refractivity contribution in [1.82, 2.24) is 4.98 Å². The van der Waals surface area contributed by atoms with Gasteiger partial charge in [0.1, 0.15) is 23.4 Å². The van der Waals surface area contributed by atoms with E-state index in [4.69, 9.17) is 15.2 Å². The molecular weight excluding hydrogens is 484 g/mol. The molecule has 0 spiro atoms. The Bertz CT molecular complexity index is 1140. The number of hydrogen-bond acceptors (Lipinski definition) is 5. The monoisotopic (exact) mass is 505 g/mol. The third-order valence-electron chi connectivity index (χ3n) is 6.16. The van der Waals surface area contributed by atoms with E-state index in [1.807, 2.05) is 0 Å². The van der Waals surface area contributed by atoms with Gasteiger partial charge in [0.15, 0.2) is 5.60 Å². The van der Waals surface area contributed by atoms with Crippen molar-refractivity contribution in [1.29, 1.82) is 0 Å². The molecule has 13 heteroatoms. The number of alkyl halides is 5. The zero-order valence-corrected chi connectivity index (χ0v) is 18.6. The zero-order valence-electron chi connectivity index (χ0n) is 18.6. The normalized spacial score (nSPS) is 24.5. The maximum atomic E-state index is 14.1. The van der Waals surface area contributed by atoms with E-state index < -0.39 is 65.1 Å². The Morgan fingerprint density at radius 3 is 2.46 bits per heavy atom. The Labute approximate surface area is 195 Å². The molecule has 0 saturated carbocycles. The first-order chi connectivity index (χ1) is 16.2. The zero-order chi connectivity index (χ0) is 26.3. The summed E-state index contributed by atoms with van der Waals surface area (Å²) in [5.74, 6) is -6.92. The van der Waals surface area contributed by atoms with Gasteiger partial charge in [-0.25, -0.2) is 13.2 Å². The summed E-state index contributed by atoms with van der Waals surface area (Å²) in [6, 6.07) is 4.02. The maximum absolute atomic E-state index is 14.1. The molecule has 2 aromatic rings. The summed E-state index contributed by atoms with van der Waals surface area (Å²) in [5, 5.41) is 2.33. The van der Waals surface area contributed by atoms with Crippen LogP contribution in [0.2, 0.25) is 0 Å². The molecule has 1 aliphatic rings. The van der Waals surface area contributed by atoms with Crippen LogP contribution >= 0.6 is 0 Å². The molecule has 3 rings (SSSR count). The summed E-state index contributed by atoms with van der Waals surface area (Å²) < 4.78 is 93.6. The van der Waals surface area contributed by atoms with Crippen LogP contribution in [0, 0.1) is 11.7 Å². The van der Waals surface area contributed by atoms with Gasteiger partial charge in [-0.2, -0.15) is 13.2 Å². The van der Waals surface area contributed by atoms with Crippen LogP contribution in [-0.4, -0.2) is 41.8 Å². The highest BCUT2D eigenvalue weighted by atomic mass is 19.4. The van der Waals surface area contributed by atoms with Gasteiger partial charge in [0.05, 0.1) is 12.7 Å². The molecule has 0 bridgehead atoms. The Morgan fingerprint density at radius 2 is 1.91 bits per heavy atom. The van der Waals surface area contributed by atoms with Gasteiger partial charge in [-0.1, -0.05) is 13.0 Å². The Morgan fingerprint density at radius 1 is 1.26 bits per heavy atom. The molecule has 1 saturated heterocycles. The van der Waals surface area contributed by atoms with Crippen LogP contribution in [0.25, 0.3) is 0 Å². The highest BCUT2D eigenvalue weighted by molar-refractivity contribution is 5.97. The second kappa shape index (κ2) is 9.36. The van der Waals surface area contributed by atoms with Crippen LogP contribution in [0.1, 0.15) is 47.8 Å². The van der Waals surface area contributed by atoms with Crippen LogP contribution in [-0.2, 0) is 9.53 Å². The van der Waals surface area contributed by atoms with Crippen molar-refractivity contribution in [3.63, 3.8) is 0 Å². The third-order valence-corrected chi connectivity index (χ3v) is 6.16. The van der Waals surface area contributed by atoms with Crippen molar-refractivity contribution >= 4 is 17.5 Å². The molecule has 1 aromatic heterocycles. The summed E-state index contributed by atoms with van der Waals surface area (Å²) in [5.41, 5.74) is 0.654. The summed E-state index contributed by atoms with van der Waals surface area (Å²) in [7, 11) is 0.963. The van der Waals surface area contributed by atoms with Gasteiger partial charge in [0.2, 0.25) is 0 Å². The molecule has 4 atom stereocenters. The van der Waals surface area contributed by atoms with Crippen LogP contribution in [0.3, 0.4) is 0 Å². The second-order valence-corrected chi connectivity index (χ2v) is 8.13. The van der Waals surface area contributed by atoms with Crippen LogP contribution < -0.4 is 15.8 Å². The van der Waals surface area contributed by atoms with Crippen LogP contribution in [0.5, 0.6) is 5.75 Å². The summed E-state index contributed by atoms with van der Waals surface area (Å²) >= 11 is 0. The highest BCUT2D eigenvalue weighted by Gasteiger charge is 2.66. The number of amides is 2. The SMILES string of the molecule is COc1c([C@@H]2[C@H](C(=O)Nc3ccnc(C(N)=O)c3)O[C@](C)(C(F)(F)F)[C@H]2C)ccc(F)c1C(F)F.